The van der Waals surface area contributed by atoms with Gasteiger partial charge in [-0.3, -0.25) is 0 Å². The van der Waals surface area contributed by atoms with Crippen molar-refractivity contribution in [2.75, 3.05) is 6.61 Å². The highest BCUT2D eigenvalue weighted by atomic mass is 32.2. The zero-order chi connectivity index (χ0) is 20.5. The lowest BCUT2D eigenvalue weighted by molar-refractivity contribution is 0.340. The summed E-state index contributed by atoms with van der Waals surface area (Å²) in [6.07, 6.45) is 4.68. The van der Waals surface area contributed by atoms with Crippen LogP contribution in [-0.4, -0.2) is 16.6 Å². The second-order valence-corrected chi connectivity index (χ2v) is 9.45. The summed E-state index contributed by atoms with van der Waals surface area (Å²) in [5.41, 5.74) is 2.70. The van der Waals surface area contributed by atoms with Gasteiger partial charge in [-0.15, -0.1) is 11.3 Å². The smallest absolute Gasteiger partial charge is 0.137 e. The minimum absolute atomic E-state index is 0.214. The number of rotatable bonds is 5. The zero-order valence-corrected chi connectivity index (χ0v) is 18.2. The van der Waals surface area contributed by atoms with Crippen molar-refractivity contribution in [3.63, 3.8) is 0 Å². The van der Waals surface area contributed by atoms with Gasteiger partial charge in [0.05, 0.1) is 6.61 Å². The number of aryl methyl sites for hydroxylation is 1. The van der Waals surface area contributed by atoms with E-state index in [2.05, 4.69) is 34.2 Å². The lowest BCUT2D eigenvalue weighted by Gasteiger charge is -2.23. The van der Waals surface area contributed by atoms with Gasteiger partial charge in [0, 0.05) is 15.2 Å². The fourth-order valence-corrected chi connectivity index (χ4v) is 6.35. The van der Waals surface area contributed by atoms with Crippen LogP contribution in [0.2, 0.25) is 0 Å². The molecule has 30 heavy (non-hydrogen) atoms. The van der Waals surface area contributed by atoms with Crippen molar-refractivity contribution < 1.29 is 9.13 Å². The standard InChI is InChI=1S/C24H21FN2OS2/c1-2-28-17-10-7-15(8-11-17)16-9-12-18-21(13-16)30-24-22(18)23(26-14-27-24)29-20-6-4-3-5-19(20)25/h3-8,10-11,14,16H,2,9,12-13H2,1H3. The molecule has 0 N–H and O–H groups in total. The molecule has 2 aromatic carbocycles. The van der Waals surface area contributed by atoms with Crippen LogP contribution in [0.25, 0.3) is 10.2 Å². The number of fused-ring (bicyclic) bond motifs is 3. The zero-order valence-electron chi connectivity index (χ0n) is 16.6. The van der Waals surface area contributed by atoms with Crippen molar-refractivity contribution in [3.05, 3.63) is 76.7 Å². The summed E-state index contributed by atoms with van der Waals surface area (Å²) < 4.78 is 19.8. The van der Waals surface area contributed by atoms with Gasteiger partial charge in [0.1, 0.15) is 27.8 Å². The minimum Gasteiger partial charge on any atom is -0.494 e. The molecule has 2 aromatic heterocycles. The van der Waals surface area contributed by atoms with Gasteiger partial charge < -0.3 is 4.74 Å². The molecule has 0 aliphatic heterocycles. The first kappa shape index (κ1) is 19.5. The first-order valence-electron chi connectivity index (χ1n) is 10.1. The molecule has 4 aromatic rings. The molecule has 5 rings (SSSR count). The SMILES string of the molecule is CCOc1ccc(C2CCc3c(sc4ncnc(Sc5ccccc5F)c34)C2)cc1. The maximum absolute atomic E-state index is 14.2. The van der Waals surface area contributed by atoms with E-state index in [0.717, 1.165) is 40.3 Å². The van der Waals surface area contributed by atoms with Crippen LogP contribution >= 0.6 is 23.1 Å². The van der Waals surface area contributed by atoms with Crippen LogP contribution in [0.5, 0.6) is 5.75 Å². The summed E-state index contributed by atoms with van der Waals surface area (Å²) in [6.45, 7) is 2.68. The number of halogens is 1. The maximum Gasteiger partial charge on any atom is 0.137 e. The van der Waals surface area contributed by atoms with Gasteiger partial charge in [-0.1, -0.05) is 36.0 Å². The van der Waals surface area contributed by atoms with Gasteiger partial charge in [0.2, 0.25) is 0 Å². The topological polar surface area (TPSA) is 35.0 Å². The van der Waals surface area contributed by atoms with Gasteiger partial charge in [0.15, 0.2) is 0 Å². The van der Waals surface area contributed by atoms with Crippen LogP contribution in [0, 0.1) is 5.82 Å². The van der Waals surface area contributed by atoms with E-state index in [1.54, 1.807) is 29.8 Å². The van der Waals surface area contributed by atoms with E-state index in [0.29, 0.717) is 17.4 Å². The Morgan fingerprint density at radius 2 is 1.97 bits per heavy atom. The molecule has 0 bridgehead atoms. The monoisotopic (exact) mass is 436 g/mol. The normalized spacial score (nSPS) is 15.9. The number of hydrogen-bond acceptors (Lipinski definition) is 5. The second kappa shape index (κ2) is 8.36. The molecule has 152 valence electrons. The number of benzene rings is 2. The largest absolute Gasteiger partial charge is 0.494 e. The second-order valence-electron chi connectivity index (χ2n) is 7.34. The highest BCUT2D eigenvalue weighted by Gasteiger charge is 2.26. The average Bonchev–Trinajstić information content (AvgIpc) is 3.15. The van der Waals surface area contributed by atoms with Crippen molar-refractivity contribution in [3.8, 4) is 5.75 Å². The highest BCUT2D eigenvalue weighted by molar-refractivity contribution is 7.99. The van der Waals surface area contributed by atoms with E-state index in [9.17, 15) is 4.39 Å². The van der Waals surface area contributed by atoms with Gasteiger partial charge in [0.25, 0.3) is 0 Å². The molecule has 0 saturated heterocycles. The first-order chi connectivity index (χ1) is 14.7. The van der Waals surface area contributed by atoms with Crippen molar-refractivity contribution >= 4 is 33.3 Å². The van der Waals surface area contributed by atoms with Gasteiger partial charge in [-0.25, -0.2) is 14.4 Å². The Hall–Kier alpha value is -2.44. The fraction of sp³-hybridized carbons (Fsp3) is 0.250. The first-order valence-corrected chi connectivity index (χ1v) is 11.8. The van der Waals surface area contributed by atoms with E-state index >= 15 is 0 Å². The van der Waals surface area contributed by atoms with Gasteiger partial charge in [-0.05, 0) is 67.5 Å². The maximum atomic E-state index is 14.2. The van der Waals surface area contributed by atoms with E-state index in [4.69, 9.17) is 4.74 Å². The number of hydrogen-bond donors (Lipinski definition) is 0. The Bertz CT molecular complexity index is 1190. The number of aromatic nitrogens is 2. The molecule has 0 radical (unpaired) electrons. The predicted molar refractivity (Wildman–Crippen MR) is 120 cm³/mol. The third-order valence-electron chi connectivity index (χ3n) is 5.52. The van der Waals surface area contributed by atoms with E-state index < -0.39 is 0 Å². The summed E-state index contributed by atoms with van der Waals surface area (Å²) in [5.74, 6) is 1.20. The Balaban J connectivity index is 1.45. The number of thiophene rings is 1. The molecule has 6 heteroatoms. The Morgan fingerprint density at radius 1 is 1.13 bits per heavy atom. The van der Waals surface area contributed by atoms with E-state index in [1.165, 1.54) is 33.8 Å². The molecule has 3 nitrogen and oxygen atoms in total. The Labute approximate surface area is 183 Å². The lowest BCUT2D eigenvalue weighted by atomic mass is 9.83. The van der Waals surface area contributed by atoms with E-state index in [-0.39, 0.29) is 5.82 Å². The molecule has 1 aliphatic carbocycles. The third kappa shape index (κ3) is 3.70. The summed E-state index contributed by atoms with van der Waals surface area (Å²) in [6, 6.07) is 15.4. The molecule has 1 atom stereocenters. The molecule has 0 spiro atoms. The molecule has 0 fully saturated rings. The lowest BCUT2D eigenvalue weighted by Crippen LogP contribution is -2.11. The Morgan fingerprint density at radius 3 is 2.77 bits per heavy atom. The highest BCUT2D eigenvalue weighted by Crippen LogP contribution is 2.44. The van der Waals surface area contributed by atoms with Crippen molar-refractivity contribution in [1.29, 1.82) is 0 Å². The number of nitrogens with zero attached hydrogens (tertiary/aromatic N) is 2. The van der Waals surface area contributed by atoms with Gasteiger partial charge >= 0.3 is 0 Å². The summed E-state index contributed by atoms with van der Waals surface area (Å²) >= 11 is 3.15. The van der Waals surface area contributed by atoms with Crippen LogP contribution < -0.4 is 4.74 Å². The van der Waals surface area contributed by atoms with E-state index in [1.807, 2.05) is 13.0 Å². The molecule has 2 heterocycles. The molecule has 0 saturated carbocycles. The minimum atomic E-state index is -0.214. The summed E-state index contributed by atoms with van der Waals surface area (Å²) in [4.78, 5) is 12.0. The molecule has 0 amide bonds. The molecule has 1 unspecified atom stereocenters. The molecular formula is C24H21FN2OS2. The van der Waals surface area contributed by atoms with Crippen LogP contribution in [0.4, 0.5) is 4.39 Å². The third-order valence-corrected chi connectivity index (χ3v) is 7.73. The van der Waals surface area contributed by atoms with Gasteiger partial charge in [-0.2, -0.15) is 0 Å². The van der Waals surface area contributed by atoms with Crippen LogP contribution in [-0.2, 0) is 12.8 Å². The van der Waals surface area contributed by atoms with Crippen molar-refractivity contribution in [2.24, 2.45) is 0 Å². The summed E-state index contributed by atoms with van der Waals surface area (Å²) in [7, 11) is 0. The Kier molecular flexibility index (Phi) is 5.44. The van der Waals surface area contributed by atoms with Crippen LogP contribution in [0.1, 0.15) is 35.3 Å². The molecule has 1 aliphatic rings. The predicted octanol–water partition coefficient (Wildman–Crippen LogP) is 6.65. The van der Waals surface area contributed by atoms with Crippen molar-refractivity contribution in [1.82, 2.24) is 9.97 Å². The van der Waals surface area contributed by atoms with Crippen LogP contribution in [0.15, 0.2) is 64.8 Å². The fourth-order valence-electron chi connectivity index (χ4n) is 4.08. The number of ether oxygens (including phenoxy) is 1. The quantitative estimate of drug-likeness (QED) is 0.328. The van der Waals surface area contributed by atoms with Crippen LogP contribution in [0.3, 0.4) is 0 Å². The average molecular weight is 437 g/mol. The molecular weight excluding hydrogens is 415 g/mol. The summed E-state index contributed by atoms with van der Waals surface area (Å²) in [5, 5.41) is 1.96. The van der Waals surface area contributed by atoms with Crippen molar-refractivity contribution in [2.45, 2.75) is 42.0 Å².